The van der Waals surface area contributed by atoms with Crippen LogP contribution in [0.2, 0.25) is 0 Å². The molecule has 1 aromatic carbocycles. The molecular formula is C22H23N3O2S2. The highest BCUT2D eigenvalue weighted by Crippen LogP contribution is 2.52. The summed E-state index contributed by atoms with van der Waals surface area (Å²) in [7, 11) is 0. The highest BCUT2D eigenvalue weighted by molar-refractivity contribution is 8.01. The number of hydrogen-bond acceptors (Lipinski definition) is 6. The van der Waals surface area contributed by atoms with Gasteiger partial charge in [-0.05, 0) is 49.3 Å². The number of nitrogens with one attached hydrogen (secondary N) is 1. The molecule has 3 fully saturated rings. The fraction of sp³-hybridized carbons (Fsp3) is 0.500. The molecule has 2 bridgehead atoms. The number of thiazole rings is 1. The molecular weight excluding hydrogens is 402 g/mol. The van der Waals surface area contributed by atoms with E-state index in [-0.39, 0.29) is 42.2 Å². The Labute approximate surface area is 177 Å². The first-order valence-electron chi connectivity index (χ1n) is 10.5. The van der Waals surface area contributed by atoms with Gasteiger partial charge < -0.3 is 5.32 Å². The molecule has 2 aromatic rings. The number of imide groups is 1. The molecule has 1 saturated heterocycles. The number of hydrogen-bond donors (Lipinski definition) is 1. The van der Waals surface area contributed by atoms with Gasteiger partial charge in [0.25, 0.3) is 0 Å². The van der Waals surface area contributed by atoms with E-state index < -0.39 is 0 Å². The molecule has 2 amide bonds. The molecule has 2 saturated carbocycles. The van der Waals surface area contributed by atoms with E-state index in [1.54, 1.807) is 11.3 Å². The molecule has 2 heterocycles. The van der Waals surface area contributed by atoms with Crippen LogP contribution in [0.4, 0.5) is 5.69 Å². The maximum Gasteiger partial charge on any atom is 0.235 e. The van der Waals surface area contributed by atoms with Crippen molar-refractivity contribution in [2.24, 2.45) is 23.7 Å². The summed E-state index contributed by atoms with van der Waals surface area (Å²) in [6, 6.07) is 6.10. The Morgan fingerprint density at radius 2 is 1.83 bits per heavy atom. The number of thioether (sulfide) groups is 1. The summed E-state index contributed by atoms with van der Waals surface area (Å²) in [5.41, 5.74) is 1.95. The summed E-state index contributed by atoms with van der Waals surface area (Å²) in [4.78, 5) is 31.8. The van der Waals surface area contributed by atoms with Crippen molar-refractivity contribution in [2.75, 3.05) is 12.0 Å². The summed E-state index contributed by atoms with van der Waals surface area (Å²) < 4.78 is 2.29. The van der Waals surface area contributed by atoms with Crippen LogP contribution in [0.15, 0.2) is 34.7 Å². The van der Waals surface area contributed by atoms with Gasteiger partial charge in [-0.1, -0.05) is 36.8 Å². The highest BCUT2D eigenvalue weighted by Gasteiger charge is 2.59. The first kappa shape index (κ1) is 18.0. The molecule has 6 rings (SSSR count). The second-order valence-electron chi connectivity index (χ2n) is 8.63. The molecule has 0 radical (unpaired) electrons. The molecule has 1 aliphatic heterocycles. The van der Waals surface area contributed by atoms with E-state index in [0.29, 0.717) is 5.25 Å². The third-order valence-corrected chi connectivity index (χ3v) is 9.39. The minimum absolute atomic E-state index is 0.00142. The minimum Gasteiger partial charge on any atom is -0.367 e. The van der Waals surface area contributed by atoms with Crippen LogP contribution in [-0.2, 0) is 9.59 Å². The zero-order valence-electron chi connectivity index (χ0n) is 16.0. The van der Waals surface area contributed by atoms with Gasteiger partial charge in [0.15, 0.2) is 4.34 Å². The smallest absolute Gasteiger partial charge is 0.235 e. The third kappa shape index (κ3) is 2.93. The fourth-order valence-corrected chi connectivity index (χ4v) is 8.11. The van der Waals surface area contributed by atoms with Crippen LogP contribution < -0.4 is 5.32 Å². The van der Waals surface area contributed by atoms with Crippen LogP contribution in [0.25, 0.3) is 10.2 Å². The van der Waals surface area contributed by atoms with Crippen molar-refractivity contribution >= 4 is 50.8 Å². The van der Waals surface area contributed by atoms with Gasteiger partial charge in [0.05, 0.1) is 28.7 Å². The topological polar surface area (TPSA) is 62.3 Å². The van der Waals surface area contributed by atoms with E-state index in [1.807, 2.05) is 23.9 Å². The minimum atomic E-state index is -0.126. The first-order chi connectivity index (χ1) is 14.2. The Balaban J connectivity index is 1.15. The quantitative estimate of drug-likeness (QED) is 0.564. The zero-order valence-corrected chi connectivity index (χ0v) is 17.7. The van der Waals surface area contributed by atoms with Crippen molar-refractivity contribution in [1.82, 2.24) is 9.88 Å². The van der Waals surface area contributed by atoms with Crippen LogP contribution in [0.3, 0.4) is 0 Å². The number of nitrogens with zero attached hydrogens (tertiary/aromatic N) is 2. The van der Waals surface area contributed by atoms with E-state index in [4.69, 9.17) is 4.98 Å². The van der Waals surface area contributed by atoms with Crippen molar-refractivity contribution in [1.29, 1.82) is 0 Å². The molecule has 1 N–H and O–H groups in total. The average Bonchev–Trinajstić information content (AvgIpc) is 3.51. The van der Waals surface area contributed by atoms with E-state index >= 15 is 0 Å². The monoisotopic (exact) mass is 425 g/mol. The lowest BCUT2D eigenvalue weighted by Crippen LogP contribution is -2.37. The van der Waals surface area contributed by atoms with E-state index in [1.165, 1.54) is 30.6 Å². The molecule has 150 valence electrons. The second-order valence-corrected chi connectivity index (χ2v) is 11.2. The Hall–Kier alpha value is -1.86. The molecule has 4 atom stereocenters. The molecule has 0 unspecified atom stereocenters. The highest BCUT2D eigenvalue weighted by atomic mass is 32.2. The summed E-state index contributed by atoms with van der Waals surface area (Å²) in [5, 5.41) is 4.01. The van der Waals surface area contributed by atoms with Gasteiger partial charge in [0.2, 0.25) is 11.8 Å². The lowest BCUT2D eigenvalue weighted by Gasteiger charge is -2.18. The van der Waals surface area contributed by atoms with Gasteiger partial charge in [0, 0.05) is 10.9 Å². The standard InChI is InChI=1S/C22H23N3O2S2/c26-20-18-12-5-6-13(9-12)19(18)21(27)25(20)11-23-14-7-8-16-17(10-14)29-22(24-16)28-15-3-1-2-4-15/h5-8,10,12-13,15,18-19,23H,1-4,9,11H2/t12-,13+,18-,19-/m0/s1. The number of likely N-dealkylation sites (tertiary alicyclic amines) is 1. The van der Waals surface area contributed by atoms with Crippen molar-refractivity contribution in [3.63, 3.8) is 0 Å². The summed E-state index contributed by atoms with van der Waals surface area (Å²) in [6.07, 6.45) is 10.5. The van der Waals surface area contributed by atoms with Gasteiger partial charge >= 0.3 is 0 Å². The number of amides is 2. The van der Waals surface area contributed by atoms with Gasteiger partial charge in [-0.25, -0.2) is 4.98 Å². The maximum atomic E-state index is 12.8. The number of allylic oxidation sites excluding steroid dienone is 2. The Morgan fingerprint density at radius 1 is 1.10 bits per heavy atom. The molecule has 0 spiro atoms. The molecule has 3 aliphatic carbocycles. The number of carbonyl (C=O) groups excluding carboxylic acids is 2. The Kier molecular flexibility index (Phi) is 4.24. The van der Waals surface area contributed by atoms with Crippen molar-refractivity contribution in [2.45, 2.75) is 41.7 Å². The molecule has 5 nitrogen and oxygen atoms in total. The van der Waals surface area contributed by atoms with Gasteiger partial charge in [-0.15, -0.1) is 11.3 Å². The van der Waals surface area contributed by atoms with Gasteiger partial charge in [0.1, 0.15) is 0 Å². The van der Waals surface area contributed by atoms with Crippen LogP contribution in [0, 0.1) is 23.7 Å². The lowest BCUT2D eigenvalue weighted by molar-refractivity contribution is -0.140. The van der Waals surface area contributed by atoms with Gasteiger partial charge in [-0.3, -0.25) is 14.5 Å². The van der Waals surface area contributed by atoms with E-state index in [2.05, 4.69) is 23.5 Å². The number of anilines is 1. The Morgan fingerprint density at radius 3 is 2.55 bits per heavy atom. The molecule has 7 heteroatoms. The van der Waals surface area contributed by atoms with Crippen molar-refractivity contribution in [3.8, 4) is 0 Å². The van der Waals surface area contributed by atoms with Crippen molar-refractivity contribution < 1.29 is 9.59 Å². The molecule has 4 aliphatic rings. The molecule has 1 aromatic heterocycles. The fourth-order valence-electron chi connectivity index (χ4n) is 5.50. The van der Waals surface area contributed by atoms with Crippen LogP contribution in [-0.4, -0.2) is 33.6 Å². The number of carbonyl (C=O) groups is 2. The normalized spacial score (nSPS) is 30.8. The average molecular weight is 426 g/mol. The number of benzene rings is 1. The summed E-state index contributed by atoms with van der Waals surface area (Å²) in [6.45, 7) is 0.248. The number of rotatable bonds is 5. The first-order valence-corrected chi connectivity index (χ1v) is 12.2. The lowest BCUT2D eigenvalue weighted by atomic mass is 9.85. The van der Waals surface area contributed by atoms with Crippen LogP contribution in [0.5, 0.6) is 0 Å². The SMILES string of the molecule is O=C1[C@@H]2[C@@H](C(=O)N1CNc1ccc3nc(SC4CCCC4)sc3c1)[C@H]1C=C[C@@H]2C1. The largest absolute Gasteiger partial charge is 0.367 e. The van der Waals surface area contributed by atoms with Crippen molar-refractivity contribution in [3.05, 3.63) is 30.4 Å². The summed E-state index contributed by atoms with van der Waals surface area (Å²) in [5.74, 6) is 0.264. The van der Waals surface area contributed by atoms with E-state index in [0.717, 1.165) is 26.7 Å². The predicted octanol–water partition coefficient (Wildman–Crippen LogP) is 4.51. The molecule has 29 heavy (non-hydrogen) atoms. The van der Waals surface area contributed by atoms with Crippen LogP contribution in [0.1, 0.15) is 32.1 Å². The predicted molar refractivity (Wildman–Crippen MR) is 116 cm³/mol. The Bertz CT molecular complexity index is 996. The second kappa shape index (κ2) is 6.84. The number of fused-ring (bicyclic) bond motifs is 6. The number of aromatic nitrogens is 1. The van der Waals surface area contributed by atoms with Gasteiger partial charge in [-0.2, -0.15) is 0 Å². The van der Waals surface area contributed by atoms with E-state index in [9.17, 15) is 9.59 Å². The summed E-state index contributed by atoms with van der Waals surface area (Å²) >= 11 is 3.65. The zero-order chi connectivity index (χ0) is 19.5. The maximum absolute atomic E-state index is 12.8. The van der Waals surface area contributed by atoms with Crippen LogP contribution >= 0.6 is 23.1 Å². The third-order valence-electron chi connectivity index (χ3n) is 6.94.